The number of amides is 1. The van der Waals surface area contributed by atoms with E-state index in [9.17, 15) is 4.79 Å². The van der Waals surface area contributed by atoms with E-state index in [4.69, 9.17) is 4.74 Å². The second kappa shape index (κ2) is 7.82. The van der Waals surface area contributed by atoms with Gasteiger partial charge in [-0.2, -0.15) is 0 Å². The third-order valence-electron chi connectivity index (χ3n) is 4.20. The number of benzene rings is 2. The molecular weight excluding hydrogens is 328 g/mol. The Bertz CT molecular complexity index is 905. The van der Waals surface area contributed by atoms with Crippen molar-refractivity contribution in [2.24, 2.45) is 0 Å². The summed E-state index contributed by atoms with van der Waals surface area (Å²) in [6.07, 6.45) is 0. The number of aromatic nitrogens is 2. The fourth-order valence-electron chi connectivity index (χ4n) is 2.81. The van der Waals surface area contributed by atoms with Crippen LogP contribution in [0.2, 0.25) is 0 Å². The van der Waals surface area contributed by atoms with Gasteiger partial charge in [0.05, 0.1) is 18.1 Å². The van der Waals surface area contributed by atoms with Crippen LogP contribution in [0.5, 0.6) is 5.88 Å². The Morgan fingerprint density at radius 1 is 1.00 bits per heavy atom. The number of carbonyl (C=O) groups excluding carboxylic acids is 1. The van der Waals surface area contributed by atoms with E-state index in [2.05, 4.69) is 34.0 Å². The van der Waals surface area contributed by atoms with Gasteiger partial charge in [0.2, 0.25) is 5.88 Å². The minimum Gasteiger partial charge on any atom is -0.479 e. The lowest BCUT2D eigenvalue weighted by Crippen LogP contribution is -2.21. The first-order valence-electron chi connectivity index (χ1n) is 8.63. The van der Waals surface area contributed by atoms with Crippen LogP contribution < -0.4 is 15.0 Å². The van der Waals surface area contributed by atoms with Crippen molar-refractivity contribution in [3.8, 4) is 5.88 Å². The van der Waals surface area contributed by atoms with Crippen molar-refractivity contribution in [1.29, 1.82) is 0 Å². The first kappa shape index (κ1) is 17.7. The third kappa shape index (κ3) is 3.59. The van der Waals surface area contributed by atoms with Crippen LogP contribution in [0.3, 0.4) is 0 Å². The molecule has 3 aromatic rings. The number of methoxy groups -OCH3 is 1. The fourth-order valence-corrected chi connectivity index (χ4v) is 2.81. The number of fused-ring (bicyclic) bond motifs is 1. The number of nitrogens with zero attached hydrogens (tertiary/aromatic N) is 3. The quantitative estimate of drug-likeness (QED) is 0.733. The maximum Gasteiger partial charge on any atom is 0.279 e. The molecule has 0 unspecified atom stereocenters. The summed E-state index contributed by atoms with van der Waals surface area (Å²) in [5, 5.41) is 2.86. The Kier molecular flexibility index (Phi) is 5.31. The van der Waals surface area contributed by atoms with Gasteiger partial charge in [-0.3, -0.25) is 4.79 Å². The highest BCUT2D eigenvalue weighted by molar-refractivity contribution is 6.05. The lowest BCUT2D eigenvalue weighted by atomic mass is 10.2. The summed E-state index contributed by atoms with van der Waals surface area (Å²) < 4.78 is 5.25. The molecule has 134 valence electrons. The van der Waals surface area contributed by atoms with Crippen molar-refractivity contribution in [1.82, 2.24) is 9.97 Å². The van der Waals surface area contributed by atoms with Crippen molar-refractivity contribution in [3.63, 3.8) is 0 Å². The van der Waals surface area contributed by atoms with Gasteiger partial charge in [0, 0.05) is 24.5 Å². The number of hydrogen-bond acceptors (Lipinski definition) is 5. The van der Waals surface area contributed by atoms with Crippen LogP contribution in [0.4, 0.5) is 11.4 Å². The normalized spacial score (nSPS) is 10.6. The van der Waals surface area contributed by atoms with Crippen molar-refractivity contribution >= 4 is 28.3 Å². The standard InChI is InChI=1S/C20H22N4O2/c1-4-24(5-2)15-12-10-14(11-13-15)21-19(25)18-20(26-3)23-17-9-7-6-8-16(17)22-18/h6-13H,4-5H2,1-3H3,(H,21,25). The number of anilines is 2. The molecule has 1 amide bonds. The molecule has 6 heteroatoms. The summed E-state index contributed by atoms with van der Waals surface area (Å²) in [4.78, 5) is 23.7. The molecule has 1 N–H and O–H groups in total. The van der Waals surface area contributed by atoms with Crippen LogP contribution >= 0.6 is 0 Å². The predicted molar refractivity (Wildman–Crippen MR) is 104 cm³/mol. The molecule has 0 fully saturated rings. The van der Waals surface area contributed by atoms with Gasteiger partial charge in [-0.1, -0.05) is 12.1 Å². The zero-order chi connectivity index (χ0) is 18.5. The topological polar surface area (TPSA) is 67.4 Å². The van der Waals surface area contributed by atoms with Gasteiger partial charge in [0.15, 0.2) is 5.69 Å². The molecule has 0 aliphatic carbocycles. The molecule has 3 rings (SSSR count). The van der Waals surface area contributed by atoms with Crippen LogP contribution in [0.25, 0.3) is 11.0 Å². The van der Waals surface area contributed by atoms with Crippen molar-refractivity contribution in [2.45, 2.75) is 13.8 Å². The molecule has 0 radical (unpaired) electrons. The molecule has 26 heavy (non-hydrogen) atoms. The van der Waals surface area contributed by atoms with Crippen LogP contribution in [0, 0.1) is 0 Å². The summed E-state index contributed by atoms with van der Waals surface area (Å²) >= 11 is 0. The molecule has 0 spiro atoms. The molecule has 0 aliphatic heterocycles. The van der Waals surface area contributed by atoms with Gasteiger partial charge in [0.25, 0.3) is 5.91 Å². The fraction of sp³-hybridized carbons (Fsp3) is 0.250. The van der Waals surface area contributed by atoms with Crippen molar-refractivity contribution in [2.75, 3.05) is 30.4 Å². The highest BCUT2D eigenvalue weighted by Crippen LogP contribution is 2.21. The zero-order valence-electron chi connectivity index (χ0n) is 15.2. The van der Waals surface area contributed by atoms with E-state index in [1.165, 1.54) is 7.11 Å². The molecule has 0 saturated heterocycles. The molecule has 1 aromatic heterocycles. The lowest BCUT2D eigenvalue weighted by molar-refractivity contribution is 0.101. The molecule has 1 heterocycles. The molecule has 6 nitrogen and oxygen atoms in total. The van der Waals surface area contributed by atoms with E-state index >= 15 is 0 Å². The summed E-state index contributed by atoms with van der Waals surface area (Å²) in [5.41, 5.74) is 3.32. The molecular formula is C20H22N4O2. The molecule has 0 bridgehead atoms. The number of rotatable bonds is 6. The molecule has 0 atom stereocenters. The van der Waals surface area contributed by atoms with Crippen LogP contribution in [-0.4, -0.2) is 36.1 Å². The van der Waals surface area contributed by atoms with Gasteiger partial charge in [-0.15, -0.1) is 0 Å². The first-order chi connectivity index (χ1) is 12.7. The Morgan fingerprint density at radius 2 is 1.62 bits per heavy atom. The van der Waals surface area contributed by atoms with Gasteiger partial charge in [-0.05, 0) is 50.2 Å². The average Bonchev–Trinajstić information content (AvgIpc) is 2.69. The number of ether oxygens (including phenoxy) is 1. The maximum atomic E-state index is 12.7. The van der Waals surface area contributed by atoms with Gasteiger partial charge in [-0.25, -0.2) is 9.97 Å². The van der Waals surface area contributed by atoms with E-state index in [-0.39, 0.29) is 17.5 Å². The minimum absolute atomic E-state index is 0.166. The van der Waals surface area contributed by atoms with Gasteiger partial charge < -0.3 is 15.0 Å². The second-order valence-electron chi connectivity index (χ2n) is 5.74. The highest BCUT2D eigenvalue weighted by Gasteiger charge is 2.17. The minimum atomic E-state index is -0.351. The van der Waals surface area contributed by atoms with Crippen LogP contribution in [0.15, 0.2) is 48.5 Å². The summed E-state index contributed by atoms with van der Waals surface area (Å²) in [6.45, 7) is 6.10. The second-order valence-corrected chi connectivity index (χ2v) is 5.74. The smallest absolute Gasteiger partial charge is 0.279 e. The number of para-hydroxylation sites is 2. The van der Waals surface area contributed by atoms with E-state index < -0.39 is 0 Å². The summed E-state index contributed by atoms with van der Waals surface area (Å²) in [7, 11) is 1.48. The number of carbonyl (C=O) groups is 1. The summed E-state index contributed by atoms with van der Waals surface area (Å²) in [6, 6.07) is 15.1. The summed E-state index contributed by atoms with van der Waals surface area (Å²) in [5.74, 6) is -0.142. The highest BCUT2D eigenvalue weighted by atomic mass is 16.5. The monoisotopic (exact) mass is 350 g/mol. The van der Waals surface area contributed by atoms with E-state index in [1.807, 2.05) is 48.5 Å². The zero-order valence-corrected chi connectivity index (χ0v) is 15.2. The molecule has 0 aliphatic rings. The largest absolute Gasteiger partial charge is 0.479 e. The molecule has 2 aromatic carbocycles. The van der Waals surface area contributed by atoms with Crippen molar-refractivity contribution in [3.05, 3.63) is 54.2 Å². The molecule has 0 saturated carbocycles. The Balaban J connectivity index is 1.84. The Morgan fingerprint density at radius 3 is 2.19 bits per heavy atom. The lowest BCUT2D eigenvalue weighted by Gasteiger charge is -2.21. The van der Waals surface area contributed by atoms with E-state index in [0.29, 0.717) is 16.7 Å². The Labute approximate surface area is 152 Å². The van der Waals surface area contributed by atoms with E-state index in [1.54, 1.807) is 0 Å². The Hall–Kier alpha value is -3.15. The van der Waals surface area contributed by atoms with Crippen molar-refractivity contribution < 1.29 is 9.53 Å². The van der Waals surface area contributed by atoms with E-state index in [0.717, 1.165) is 18.8 Å². The van der Waals surface area contributed by atoms with Crippen LogP contribution in [-0.2, 0) is 0 Å². The van der Waals surface area contributed by atoms with Crippen LogP contribution in [0.1, 0.15) is 24.3 Å². The maximum absolute atomic E-state index is 12.7. The SMILES string of the molecule is CCN(CC)c1ccc(NC(=O)c2nc3ccccc3nc2OC)cc1. The number of hydrogen-bond donors (Lipinski definition) is 1. The van der Waals surface area contributed by atoms with Gasteiger partial charge >= 0.3 is 0 Å². The predicted octanol–water partition coefficient (Wildman–Crippen LogP) is 3.74. The first-order valence-corrected chi connectivity index (χ1v) is 8.63. The number of nitrogens with one attached hydrogen (secondary N) is 1. The average molecular weight is 350 g/mol. The third-order valence-corrected chi connectivity index (χ3v) is 4.20. The van der Waals surface area contributed by atoms with Gasteiger partial charge in [0.1, 0.15) is 0 Å².